The van der Waals surface area contributed by atoms with Gasteiger partial charge >= 0.3 is 0 Å². The van der Waals surface area contributed by atoms with E-state index in [2.05, 4.69) is 31.8 Å². The van der Waals surface area contributed by atoms with E-state index in [1.807, 2.05) is 11.8 Å². The lowest BCUT2D eigenvalue weighted by Gasteiger charge is -2.32. The maximum atomic E-state index is 12.2. The van der Waals surface area contributed by atoms with Gasteiger partial charge in [0, 0.05) is 56.9 Å². The van der Waals surface area contributed by atoms with Crippen LogP contribution in [0.4, 0.5) is 5.82 Å². The molecule has 3 rings (SSSR count). The van der Waals surface area contributed by atoms with Crippen LogP contribution in [0.1, 0.15) is 31.4 Å². The second-order valence-corrected chi connectivity index (χ2v) is 6.38. The first-order chi connectivity index (χ1) is 11.3. The molecule has 2 aliphatic heterocycles. The number of carbonyl (C=O) groups excluding carboxylic acids is 1. The highest BCUT2D eigenvalue weighted by atomic mass is 16.2. The molecule has 0 spiro atoms. The predicted octanol–water partition coefficient (Wildman–Crippen LogP) is 0.135. The number of piperidine rings is 1. The van der Waals surface area contributed by atoms with Crippen molar-refractivity contribution in [2.45, 2.75) is 25.7 Å². The summed E-state index contributed by atoms with van der Waals surface area (Å²) in [5, 5.41) is 14.2. The van der Waals surface area contributed by atoms with E-state index in [9.17, 15) is 4.79 Å². The van der Waals surface area contributed by atoms with E-state index in [4.69, 9.17) is 0 Å². The molecule has 2 aliphatic rings. The van der Waals surface area contributed by atoms with Crippen molar-refractivity contribution in [3.63, 3.8) is 0 Å². The van der Waals surface area contributed by atoms with Gasteiger partial charge in [0.05, 0.1) is 6.54 Å². The summed E-state index contributed by atoms with van der Waals surface area (Å²) in [6, 6.07) is 2.17. The maximum absolute atomic E-state index is 12.2. The lowest BCUT2D eigenvalue weighted by atomic mass is 9.94. The van der Waals surface area contributed by atoms with E-state index in [0.29, 0.717) is 12.5 Å². The summed E-state index contributed by atoms with van der Waals surface area (Å²) in [6.07, 6.45) is 2.18. The van der Waals surface area contributed by atoms with Crippen LogP contribution in [0, 0.1) is 0 Å². The number of likely N-dealkylation sites (tertiary alicyclic amines) is 1. The molecule has 7 nitrogen and oxygen atoms in total. The first kappa shape index (κ1) is 16.3. The Bertz CT molecular complexity index is 510. The molecule has 1 atom stereocenters. The van der Waals surface area contributed by atoms with Crippen molar-refractivity contribution in [2.24, 2.45) is 0 Å². The third-order valence-electron chi connectivity index (χ3n) is 4.77. The summed E-state index contributed by atoms with van der Waals surface area (Å²) < 4.78 is 0. The van der Waals surface area contributed by atoms with Gasteiger partial charge in [-0.25, -0.2) is 0 Å². The van der Waals surface area contributed by atoms with Crippen LogP contribution in [0.3, 0.4) is 0 Å². The number of H-pyrrole nitrogens is 1. The Kier molecular flexibility index (Phi) is 5.51. The summed E-state index contributed by atoms with van der Waals surface area (Å²) in [5.41, 5.74) is 1.17. The zero-order chi connectivity index (χ0) is 16.1. The number of nitrogens with one attached hydrogen (secondary N) is 3. The van der Waals surface area contributed by atoms with Gasteiger partial charge in [-0.3, -0.25) is 9.89 Å². The van der Waals surface area contributed by atoms with E-state index < -0.39 is 0 Å². The first-order valence-electron chi connectivity index (χ1n) is 8.77. The summed E-state index contributed by atoms with van der Waals surface area (Å²) in [4.78, 5) is 16.5. The minimum Gasteiger partial charge on any atom is -0.353 e. The number of aromatic amines is 1. The van der Waals surface area contributed by atoms with Crippen LogP contribution in [0.2, 0.25) is 0 Å². The standard InChI is InChI=1S/C16H28N6O/c1-2-17-11-16(23)22-7-3-4-13(12-22)14-10-15(20-19-14)21-8-5-18-6-9-21/h10,13,17-18H,2-9,11-12H2,1H3,(H,19,20). The molecule has 3 heterocycles. The molecule has 0 bridgehead atoms. The minimum atomic E-state index is 0.207. The second-order valence-electron chi connectivity index (χ2n) is 6.38. The van der Waals surface area contributed by atoms with Gasteiger partial charge < -0.3 is 20.4 Å². The van der Waals surface area contributed by atoms with Crippen LogP contribution in [-0.4, -0.2) is 73.4 Å². The number of likely N-dealkylation sites (N-methyl/N-ethyl adjacent to an activating group) is 1. The SMILES string of the molecule is CCNCC(=O)N1CCCC(c2cc(N3CCNCC3)n[nH]2)C1. The highest BCUT2D eigenvalue weighted by Gasteiger charge is 2.26. The number of rotatable bonds is 5. The molecule has 1 unspecified atom stereocenters. The average Bonchev–Trinajstić information content (AvgIpc) is 3.11. The smallest absolute Gasteiger partial charge is 0.236 e. The number of aromatic nitrogens is 2. The molecule has 0 radical (unpaired) electrons. The normalized spacial score (nSPS) is 22.4. The van der Waals surface area contributed by atoms with E-state index in [-0.39, 0.29) is 5.91 Å². The fourth-order valence-corrected chi connectivity index (χ4v) is 3.39. The fraction of sp³-hybridized carbons (Fsp3) is 0.750. The zero-order valence-corrected chi connectivity index (χ0v) is 14.0. The molecule has 0 saturated carbocycles. The van der Waals surface area contributed by atoms with Gasteiger partial charge in [0.1, 0.15) is 0 Å². The topological polar surface area (TPSA) is 76.3 Å². The molecule has 0 aromatic carbocycles. The highest BCUT2D eigenvalue weighted by Crippen LogP contribution is 2.27. The van der Waals surface area contributed by atoms with Crippen molar-refractivity contribution >= 4 is 11.7 Å². The van der Waals surface area contributed by atoms with E-state index >= 15 is 0 Å². The number of nitrogens with zero attached hydrogens (tertiary/aromatic N) is 3. The molecule has 3 N–H and O–H groups in total. The number of anilines is 1. The minimum absolute atomic E-state index is 0.207. The molecule has 1 aromatic heterocycles. The molecular weight excluding hydrogens is 292 g/mol. The molecule has 2 fully saturated rings. The van der Waals surface area contributed by atoms with Gasteiger partial charge in [-0.05, 0) is 19.4 Å². The van der Waals surface area contributed by atoms with Crippen molar-refractivity contribution < 1.29 is 4.79 Å². The Morgan fingerprint density at radius 2 is 2.22 bits per heavy atom. The number of carbonyl (C=O) groups is 1. The molecule has 1 aromatic rings. The predicted molar refractivity (Wildman–Crippen MR) is 90.8 cm³/mol. The van der Waals surface area contributed by atoms with Gasteiger partial charge in [-0.15, -0.1) is 0 Å². The molecule has 7 heteroatoms. The van der Waals surface area contributed by atoms with Crippen molar-refractivity contribution in [1.29, 1.82) is 0 Å². The molecule has 2 saturated heterocycles. The lowest BCUT2D eigenvalue weighted by molar-refractivity contribution is -0.131. The Hall–Kier alpha value is -1.60. The Morgan fingerprint density at radius 3 is 3.00 bits per heavy atom. The summed E-state index contributed by atoms with van der Waals surface area (Å²) in [7, 11) is 0. The number of hydrogen-bond acceptors (Lipinski definition) is 5. The van der Waals surface area contributed by atoms with E-state index in [0.717, 1.165) is 64.5 Å². The third-order valence-corrected chi connectivity index (χ3v) is 4.77. The summed E-state index contributed by atoms with van der Waals surface area (Å²) in [5.74, 6) is 1.62. The van der Waals surface area contributed by atoms with Gasteiger partial charge in [0.25, 0.3) is 0 Å². The highest BCUT2D eigenvalue weighted by molar-refractivity contribution is 5.78. The lowest BCUT2D eigenvalue weighted by Crippen LogP contribution is -2.43. The number of piperazine rings is 1. The second kappa shape index (κ2) is 7.79. The Balaban J connectivity index is 1.60. The van der Waals surface area contributed by atoms with Crippen LogP contribution in [0.25, 0.3) is 0 Å². The molecule has 1 amide bonds. The zero-order valence-electron chi connectivity index (χ0n) is 14.0. The van der Waals surface area contributed by atoms with Crippen molar-refractivity contribution in [3.8, 4) is 0 Å². The summed E-state index contributed by atoms with van der Waals surface area (Å²) >= 11 is 0. The molecule has 0 aliphatic carbocycles. The number of hydrogen-bond donors (Lipinski definition) is 3. The van der Waals surface area contributed by atoms with Gasteiger partial charge in [-0.2, -0.15) is 5.10 Å². The summed E-state index contributed by atoms with van der Waals surface area (Å²) in [6.45, 7) is 9.00. The van der Waals surface area contributed by atoms with Crippen LogP contribution < -0.4 is 15.5 Å². The molecular formula is C16H28N6O. The Labute approximate surface area is 137 Å². The quantitative estimate of drug-likeness (QED) is 0.719. The van der Waals surface area contributed by atoms with Gasteiger partial charge in [-0.1, -0.05) is 6.92 Å². The van der Waals surface area contributed by atoms with Crippen LogP contribution >= 0.6 is 0 Å². The first-order valence-corrected chi connectivity index (χ1v) is 8.77. The van der Waals surface area contributed by atoms with Crippen molar-refractivity contribution in [2.75, 3.05) is 57.3 Å². The fourth-order valence-electron chi connectivity index (χ4n) is 3.39. The van der Waals surface area contributed by atoms with Crippen molar-refractivity contribution in [3.05, 3.63) is 11.8 Å². The third kappa shape index (κ3) is 4.03. The average molecular weight is 320 g/mol. The van der Waals surface area contributed by atoms with Gasteiger partial charge in [0.15, 0.2) is 5.82 Å². The largest absolute Gasteiger partial charge is 0.353 e. The van der Waals surface area contributed by atoms with Crippen LogP contribution in [0.15, 0.2) is 6.07 Å². The monoisotopic (exact) mass is 320 g/mol. The van der Waals surface area contributed by atoms with Crippen molar-refractivity contribution in [1.82, 2.24) is 25.7 Å². The van der Waals surface area contributed by atoms with Crippen LogP contribution in [0.5, 0.6) is 0 Å². The maximum Gasteiger partial charge on any atom is 0.236 e. The van der Waals surface area contributed by atoms with Crippen LogP contribution in [-0.2, 0) is 4.79 Å². The number of amides is 1. The Morgan fingerprint density at radius 1 is 1.39 bits per heavy atom. The molecule has 128 valence electrons. The van der Waals surface area contributed by atoms with Gasteiger partial charge in [0.2, 0.25) is 5.91 Å². The van der Waals surface area contributed by atoms with E-state index in [1.54, 1.807) is 0 Å². The van der Waals surface area contributed by atoms with E-state index in [1.165, 1.54) is 5.69 Å². The molecule has 23 heavy (non-hydrogen) atoms.